The van der Waals surface area contributed by atoms with E-state index in [9.17, 15) is 0 Å². The largest absolute Gasteiger partial charge is 0.384 e. The van der Waals surface area contributed by atoms with Crippen LogP contribution in [-0.2, 0) is 6.54 Å². The molecule has 1 aromatic heterocycles. The molecule has 0 unspecified atom stereocenters. The molecule has 0 aliphatic heterocycles. The van der Waals surface area contributed by atoms with Crippen molar-refractivity contribution in [1.29, 1.82) is 0 Å². The van der Waals surface area contributed by atoms with Crippen LogP contribution < -0.4 is 11.5 Å². The highest BCUT2D eigenvalue weighted by Crippen LogP contribution is 2.00. The Morgan fingerprint density at radius 1 is 1.50 bits per heavy atom. The molecule has 4 N–H and O–H groups in total. The van der Waals surface area contributed by atoms with Crippen LogP contribution in [0.25, 0.3) is 0 Å². The number of nitrogens with zero attached hydrogens (tertiary/aromatic N) is 1. The van der Waals surface area contributed by atoms with Crippen LogP contribution in [0.3, 0.4) is 0 Å². The Balaban J connectivity index is 0.000000810. The van der Waals surface area contributed by atoms with E-state index in [4.69, 9.17) is 11.5 Å². The van der Waals surface area contributed by atoms with Crippen LogP contribution in [0.1, 0.15) is 5.56 Å². The molecule has 0 aromatic carbocycles. The zero-order chi connectivity index (χ0) is 6.69. The van der Waals surface area contributed by atoms with Gasteiger partial charge >= 0.3 is 0 Å². The van der Waals surface area contributed by atoms with Crippen LogP contribution in [0.5, 0.6) is 0 Å². The lowest BCUT2D eigenvalue weighted by atomic mass is 10.3. The molecule has 0 fully saturated rings. The first-order valence-corrected chi connectivity index (χ1v) is 2.73. The highest BCUT2D eigenvalue weighted by molar-refractivity contribution is 5.85. The average molecular weight is 160 g/mol. The molecule has 0 atom stereocenters. The molecule has 10 heavy (non-hydrogen) atoms. The number of pyridine rings is 1. The SMILES string of the molecule is Cl.NCc1ccnc(N)c1. The number of anilines is 1. The summed E-state index contributed by atoms with van der Waals surface area (Å²) >= 11 is 0. The third-order valence-electron chi connectivity index (χ3n) is 1.08. The fourth-order valence-electron chi connectivity index (χ4n) is 0.621. The van der Waals surface area contributed by atoms with Crippen molar-refractivity contribution in [1.82, 2.24) is 4.98 Å². The van der Waals surface area contributed by atoms with Crippen molar-refractivity contribution in [2.24, 2.45) is 5.73 Å². The van der Waals surface area contributed by atoms with Gasteiger partial charge in [-0.15, -0.1) is 12.4 Å². The first kappa shape index (κ1) is 9.20. The van der Waals surface area contributed by atoms with Crippen molar-refractivity contribution in [3.05, 3.63) is 23.9 Å². The normalized spacial score (nSPS) is 8.50. The average Bonchev–Trinajstić information content (AvgIpc) is 1.88. The zero-order valence-electron chi connectivity index (χ0n) is 5.45. The summed E-state index contributed by atoms with van der Waals surface area (Å²) < 4.78 is 0. The van der Waals surface area contributed by atoms with Crippen molar-refractivity contribution >= 4 is 18.2 Å². The summed E-state index contributed by atoms with van der Waals surface area (Å²) in [5, 5.41) is 0. The summed E-state index contributed by atoms with van der Waals surface area (Å²) in [6, 6.07) is 3.61. The van der Waals surface area contributed by atoms with E-state index in [-0.39, 0.29) is 12.4 Å². The topological polar surface area (TPSA) is 64.9 Å². The van der Waals surface area contributed by atoms with Crippen LogP contribution in [0.4, 0.5) is 5.82 Å². The highest BCUT2D eigenvalue weighted by atomic mass is 35.5. The Hall–Kier alpha value is -0.800. The highest BCUT2D eigenvalue weighted by Gasteiger charge is 1.87. The minimum absolute atomic E-state index is 0. The monoisotopic (exact) mass is 159 g/mol. The molecule has 0 saturated carbocycles. The molecule has 0 bridgehead atoms. The Labute approximate surface area is 65.8 Å². The molecule has 0 saturated heterocycles. The van der Waals surface area contributed by atoms with Crippen LogP contribution >= 0.6 is 12.4 Å². The van der Waals surface area contributed by atoms with E-state index in [1.54, 1.807) is 12.3 Å². The van der Waals surface area contributed by atoms with E-state index in [0.717, 1.165) is 5.56 Å². The molecule has 0 aliphatic rings. The van der Waals surface area contributed by atoms with Crippen LogP contribution in [0.2, 0.25) is 0 Å². The maximum Gasteiger partial charge on any atom is 0.123 e. The quantitative estimate of drug-likeness (QED) is 0.629. The number of hydrogen-bond donors (Lipinski definition) is 2. The Morgan fingerprint density at radius 3 is 2.60 bits per heavy atom. The molecule has 3 nitrogen and oxygen atoms in total. The minimum atomic E-state index is 0. The molecule has 1 heterocycles. The standard InChI is InChI=1S/C6H9N3.ClH/c7-4-5-1-2-9-6(8)3-5;/h1-3H,4,7H2,(H2,8,9);1H. The predicted octanol–water partition coefficient (Wildman–Crippen LogP) is 0.544. The van der Waals surface area contributed by atoms with E-state index in [2.05, 4.69) is 4.98 Å². The van der Waals surface area contributed by atoms with Crippen molar-refractivity contribution < 1.29 is 0 Å². The van der Waals surface area contributed by atoms with Crippen molar-refractivity contribution in [3.8, 4) is 0 Å². The summed E-state index contributed by atoms with van der Waals surface area (Å²) in [4.78, 5) is 3.81. The van der Waals surface area contributed by atoms with Gasteiger partial charge in [-0.25, -0.2) is 4.98 Å². The fraction of sp³-hybridized carbons (Fsp3) is 0.167. The van der Waals surface area contributed by atoms with Gasteiger partial charge in [0.05, 0.1) is 0 Å². The number of hydrogen-bond acceptors (Lipinski definition) is 3. The summed E-state index contributed by atoms with van der Waals surface area (Å²) in [5.41, 5.74) is 11.7. The van der Waals surface area contributed by atoms with Gasteiger partial charge in [-0.2, -0.15) is 0 Å². The number of halogens is 1. The van der Waals surface area contributed by atoms with Gasteiger partial charge in [0, 0.05) is 12.7 Å². The maximum absolute atomic E-state index is 5.37. The molecule has 1 rings (SSSR count). The van der Waals surface area contributed by atoms with E-state index in [1.807, 2.05) is 6.07 Å². The maximum atomic E-state index is 5.37. The summed E-state index contributed by atoms with van der Waals surface area (Å²) in [6.07, 6.45) is 1.65. The van der Waals surface area contributed by atoms with Gasteiger partial charge in [0.2, 0.25) is 0 Å². The van der Waals surface area contributed by atoms with Crippen molar-refractivity contribution in [3.63, 3.8) is 0 Å². The zero-order valence-corrected chi connectivity index (χ0v) is 6.27. The smallest absolute Gasteiger partial charge is 0.123 e. The third-order valence-corrected chi connectivity index (χ3v) is 1.08. The van der Waals surface area contributed by atoms with E-state index < -0.39 is 0 Å². The van der Waals surface area contributed by atoms with Crippen LogP contribution in [0, 0.1) is 0 Å². The Bertz CT molecular complexity index is 202. The number of aromatic nitrogens is 1. The van der Waals surface area contributed by atoms with E-state index >= 15 is 0 Å². The molecule has 4 heteroatoms. The first-order valence-electron chi connectivity index (χ1n) is 2.73. The lowest BCUT2D eigenvalue weighted by Crippen LogP contribution is -1.98. The Morgan fingerprint density at radius 2 is 2.20 bits per heavy atom. The lowest BCUT2D eigenvalue weighted by Gasteiger charge is -1.94. The summed E-state index contributed by atoms with van der Waals surface area (Å²) in [7, 11) is 0. The van der Waals surface area contributed by atoms with Gasteiger partial charge in [0.15, 0.2) is 0 Å². The lowest BCUT2D eigenvalue weighted by molar-refractivity contribution is 1.06. The minimum Gasteiger partial charge on any atom is -0.384 e. The van der Waals surface area contributed by atoms with Crippen LogP contribution in [0.15, 0.2) is 18.3 Å². The summed E-state index contributed by atoms with van der Waals surface area (Å²) in [5.74, 6) is 0.526. The predicted molar refractivity (Wildman–Crippen MR) is 43.8 cm³/mol. The number of nitrogen functional groups attached to an aromatic ring is 1. The molecule has 56 valence electrons. The second kappa shape index (κ2) is 4.09. The molecule has 0 aliphatic carbocycles. The Kier molecular flexibility index (Phi) is 3.76. The molecule has 0 amide bonds. The molecular weight excluding hydrogens is 150 g/mol. The molecule has 0 radical (unpaired) electrons. The van der Waals surface area contributed by atoms with Crippen molar-refractivity contribution in [2.75, 3.05) is 5.73 Å². The van der Waals surface area contributed by atoms with Gasteiger partial charge in [0.25, 0.3) is 0 Å². The number of nitrogens with two attached hydrogens (primary N) is 2. The third kappa shape index (κ3) is 2.21. The molecule has 0 spiro atoms. The molecular formula is C6H10ClN3. The van der Waals surface area contributed by atoms with Gasteiger partial charge < -0.3 is 11.5 Å². The first-order chi connectivity index (χ1) is 4.33. The van der Waals surface area contributed by atoms with Gasteiger partial charge in [-0.05, 0) is 17.7 Å². The van der Waals surface area contributed by atoms with E-state index in [0.29, 0.717) is 12.4 Å². The van der Waals surface area contributed by atoms with Gasteiger partial charge in [-0.3, -0.25) is 0 Å². The van der Waals surface area contributed by atoms with E-state index in [1.165, 1.54) is 0 Å². The van der Waals surface area contributed by atoms with Crippen molar-refractivity contribution in [2.45, 2.75) is 6.54 Å². The van der Waals surface area contributed by atoms with Gasteiger partial charge in [-0.1, -0.05) is 0 Å². The molecule has 1 aromatic rings. The summed E-state index contributed by atoms with van der Waals surface area (Å²) in [6.45, 7) is 0.521. The second-order valence-corrected chi connectivity index (χ2v) is 1.79. The fourth-order valence-corrected chi connectivity index (χ4v) is 0.621. The number of rotatable bonds is 1. The second-order valence-electron chi connectivity index (χ2n) is 1.79. The van der Waals surface area contributed by atoms with Crippen LogP contribution in [-0.4, -0.2) is 4.98 Å². The van der Waals surface area contributed by atoms with Gasteiger partial charge in [0.1, 0.15) is 5.82 Å².